The van der Waals surface area contributed by atoms with Crippen LogP contribution in [0.4, 0.5) is 0 Å². The SMILES string of the molecule is CN(C)[C@@H]1C(=O)/C(=C(\N)O)C(=O)[C@@]2(O)C(=O)C3=C(O)c4c(O)ccc(Cl)c4[C@@](C)(O)[C@H]3C[C@@H]12.O=P(O)(O)O. The lowest BCUT2D eigenvalue weighted by Gasteiger charge is -2.53. The van der Waals surface area contributed by atoms with Crippen LogP contribution < -0.4 is 5.73 Å². The Kier molecular flexibility index (Phi) is 7.38. The molecule has 14 nitrogen and oxygen atoms in total. The minimum absolute atomic E-state index is 0.0184. The number of phenolic OH excluding ortho intramolecular Hbond substituents is 1. The van der Waals surface area contributed by atoms with E-state index in [4.69, 9.17) is 36.6 Å². The molecule has 0 spiro atoms. The molecule has 0 unspecified atom stereocenters. The number of fused-ring (bicyclic) bond motifs is 3. The van der Waals surface area contributed by atoms with Gasteiger partial charge in [0.25, 0.3) is 0 Å². The smallest absolute Gasteiger partial charge is 0.466 e. The molecule has 1 aromatic rings. The Morgan fingerprint density at radius 2 is 1.63 bits per heavy atom. The van der Waals surface area contributed by atoms with E-state index in [9.17, 15) is 39.9 Å². The maximum atomic E-state index is 13.7. The van der Waals surface area contributed by atoms with Crippen molar-refractivity contribution < 1.29 is 59.2 Å². The Bertz CT molecular complexity index is 1350. The number of Topliss-reactive ketones (excluding diaryl/α,β-unsaturated/α-hetero) is 3. The highest BCUT2D eigenvalue weighted by atomic mass is 35.5. The molecular weight excluding hydrogens is 551 g/mol. The second-order valence-corrected chi connectivity index (χ2v) is 11.0. The molecule has 0 amide bonds. The van der Waals surface area contributed by atoms with Gasteiger partial charge in [-0.2, -0.15) is 0 Å². The third kappa shape index (κ3) is 4.42. The number of nitrogens with zero attached hydrogens (tertiary/aromatic N) is 1. The van der Waals surface area contributed by atoms with Gasteiger partial charge in [-0.1, -0.05) is 11.6 Å². The number of phosphoric acid groups is 1. The maximum absolute atomic E-state index is 13.7. The molecule has 0 radical (unpaired) electrons. The Balaban J connectivity index is 0.000000732. The first-order valence-electron chi connectivity index (χ1n) is 10.9. The monoisotopic (exact) mass is 576 g/mol. The Hall–Kier alpha value is -2.81. The summed E-state index contributed by atoms with van der Waals surface area (Å²) in [5.41, 5.74) is -1.15. The average Bonchev–Trinajstić information content (AvgIpc) is 2.74. The fourth-order valence-corrected chi connectivity index (χ4v) is 5.91. The molecule has 3 aliphatic rings. The van der Waals surface area contributed by atoms with E-state index in [1.165, 1.54) is 38.1 Å². The largest absolute Gasteiger partial charge is 0.507 e. The topological polar surface area (TPSA) is 259 Å². The maximum Gasteiger partial charge on any atom is 0.466 e. The van der Waals surface area contributed by atoms with Crippen LogP contribution in [0.3, 0.4) is 0 Å². The van der Waals surface area contributed by atoms with Gasteiger partial charge >= 0.3 is 7.82 Å². The molecule has 5 atom stereocenters. The van der Waals surface area contributed by atoms with Gasteiger partial charge in [-0.25, -0.2) is 4.57 Å². The number of halogens is 1. The van der Waals surface area contributed by atoms with Gasteiger partial charge in [0.1, 0.15) is 17.1 Å². The number of aliphatic hydroxyl groups is 4. The zero-order valence-corrected chi connectivity index (χ0v) is 21.8. The third-order valence-corrected chi connectivity index (χ3v) is 7.37. The number of hydrogen-bond acceptors (Lipinski definition) is 11. The van der Waals surface area contributed by atoms with Crippen LogP contribution in [0.15, 0.2) is 29.2 Å². The van der Waals surface area contributed by atoms with E-state index in [0.717, 1.165) is 0 Å². The number of nitrogens with two attached hydrogens (primary N) is 1. The fourth-order valence-electron chi connectivity index (χ4n) is 5.57. The molecule has 38 heavy (non-hydrogen) atoms. The summed E-state index contributed by atoms with van der Waals surface area (Å²) in [4.78, 5) is 62.8. The lowest BCUT2D eigenvalue weighted by Crippen LogP contribution is -2.70. The summed E-state index contributed by atoms with van der Waals surface area (Å²) in [6, 6.07) is 1.23. The van der Waals surface area contributed by atoms with Crippen LogP contribution in [0.25, 0.3) is 5.76 Å². The molecule has 0 heterocycles. The fraction of sp³-hybridized carbons (Fsp3) is 0.409. The highest BCUT2D eigenvalue weighted by molar-refractivity contribution is 7.45. The van der Waals surface area contributed by atoms with Crippen molar-refractivity contribution >= 4 is 42.5 Å². The normalized spacial score (nSPS) is 32.3. The number of carbonyl (C=O) groups is 3. The van der Waals surface area contributed by atoms with Gasteiger partial charge in [0.15, 0.2) is 17.3 Å². The van der Waals surface area contributed by atoms with Crippen LogP contribution in [0, 0.1) is 11.8 Å². The zero-order valence-electron chi connectivity index (χ0n) is 20.2. The van der Waals surface area contributed by atoms with E-state index in [0.29, 0.717) is 0 Å². The van der Waals surface area contributed by atoms with Crippen LogP contribution >= 0.6 is 19.4 Å². The van der Waals surface area contributed by atoms with Crippen molar-refractivity contribution in [3.63, 3.8) is 0 Å². The van der Waals surface area contributed by atoms with Crippen LogP contribution in [0.1, 0.15) is 24.5 Å². The number of likely N-dealkylation sites (N-methyl/N-ethyl adjacent to an activating group) is 1. The first kappa shape index (κ1) is 29.7. The molecule has 2 fully saturated rings. The second kappa shape index (κ2) is 9.43. The van der Waals surface area contributed by atoms with E-state index < -0.39 is 82.8 Å². The lowest BCUT2D eigenvalue weighted by atomic mass is 9.53. The van der Waals surface area contributed by atoms with Crippen LogP contribution in [-0.4, -0.2) is 88.2 Å². The van der Waals surface area contributed by atoms with Gasteiger partial charge < -0.3 is 45.9 Å². The molecular formula is C22H26ClN2O12P. The number of aromatic hydroxyl groups is 1. The van der Waals surface area contributed by atoms with Crippen LogP contribution in [-0.2, 0) is 24.5 Å². The Morgan fingerprint density at radius 3 is 2.11 bits per heavy atom. The van der Waals surface area contributed by atoms with Crippen molar-refractivity contribution in [1.29, 1.82) is 0 Å². The zero-order chi connectivity index (χ0) is 29.3. The first-order chi connectivity index (χ1) is 17.2. The van der Waals surface area contributed by atoms with Gasteiger partial charge in [-0.3, -0.25) is 19.3 Å². The molecule has 16 heteroatoms. The summed E-state index contributed by atoms with van der Waals surface area (Å²) in [6.07, 6.45) is -0.279. The lowest BCUT2D eigenvalue weighted by molar-refractivity contribution is -0.169. The number of phenols is 1. The van der Waals surface area contributed by atoms with E-state index in [-0.39, 0.29) is 22.6 Å². The minimum atomic E-state index is -4.64. The van der Waals surface area contributed by atoms with Crippen molar-refractivity contribution in [3.8, 4) is 5.75 Å². The van der Waals surface area contributed by atoms with E-state index in [1.54, 1.807) is 0 Å². The highest BCUT2D eigenvalue weighted by Crippen LogP contribution is 2.57. The van der Waals surface area contributed by atoms with E-state index in [2.05, 4.69) is 0 Å². The van der Waals surface area contributed by atoms with Crippen molar-refractivity contribution in [3.05, 3.63) is 45.3 Å². The Labute approximate surface area is 220 Å². The van der Waals surface area contributed by atoms with Crippen molar-refractivity contribution in [2.45, 2.75) is 30.6 Å². The molecule has 4 rings (SSSR count). The standard InChI is InChI=1S/C22H23ClN2O8.H3O4P/c1-21(32)7-6-8-15(25(2)3)17(28)13(20(24)31)19(30)22(8,33)18(29)11(7)16(27)12-10(26)5-4-9(23)14(12)21;1-5(2,3)4/h4-5,7-8,15,26-27,31-33H,6,24H2,1-3H3;(H3,1,2,3,4)/b20-13-;/t7-,8-,15-,21-,22-;/m0./s1. The predicted molar refractivity (Wildman–Crippen MR) is 129 cm³/mol. The molecule has 0 bridgehead atoms. The molecule has 2 saturated carbocycles. The van der Waals surface area contributed by atoms with E-state index in [1.807, 2.05) is 0 Å². The summed E-state index contributed by atoms with van der Waals surface area (Å²) >= 11 is 6.27. The number of rotatable bonds is 1. The minimum Gasteiger partial charge on any atom is -0.507 e. The van der Waals surface area contributed by atoms with Gasteiger partial charge in [0.2, 0.25) is 11.6 Å². The van der Waals surface area contributed by atoms with E-state index >= 15 is 0 Å². The molecule has 10 N–H and O–H groups in total. The highest BCUT2D eigenvalue weighted by Gasteiger charge is 2.68. The summed E-state index contributed by atoms with van der Waals surface area (Å²) in [5.74, 6) is -8.40. The molecule has 0 aliphatic heterocycles. The van der Waals surface area contributed by atoms with Gasteiger partial charge in [-0.05, 0) is 39.6 Å². The van der Waals surface area contributed by atoms with Gasteiger partial charge in [0, 0.05) is 28.0 Å². The molecule has 1 aromatic carbocycles. The number of aliphatic hydroxyl groups excluding tert-OH is 2. The first-order valence-corrected chi connectivity index (χ1v) is 12.8. The predicted octanol–water partition coefficient (Wildman–Crippen LogP) is -0.646. The number of hydrogen-bond donors (Lipinski definition) is 9. The van der Waals surface area contributed by atoms with Crippen LogP contribution in [0.5, 0.6) is 5.75 Å². The average molecular weight is 577 g/mol. The summed E-state index contributed by atoms with van der Waals surface area (Å²) in [6.45, 7) is 1.33. The van der Waals surface area contributed by atoms with Crippen molar-refractivity contribution in [2.75, 3.05) is 14.1 Å². The molecule has 0 aromatic heterocycles. The Morgan fingerprint density at radius 1 is 1.11 bits per heavy atom. The quantitative estimate of drug-likeness (QED) is 0.0662. The van der Waals surface area contributed by atoms with Crippen molar-refractivity contribution in [1.82, 2.24) is 4.90 Å². The number of ketones is 3. The summed E-state index contributed by atoms with van der Waals surface area (Å²) < 4.78 is 8.88. The molecule has 3 aliphatic carbocycles. The summed E-state index contributed by atoms with van der Waals surface area (Å²) in [5, 5.41) is 54.2. The van der Waals surface area contributed by atoms with Crippen molar-refractivity contribution in [2.24, 2.45) is 17.6 Å². The number of benzene rings is 1. The van der Waals surface area contributed by atoms with Crippen LogP contribution in [0.2, 0.25) is 5.02 Å². The summed E-state index contributed by atoms with van der Waals surface area (Å²) in [7, 11) is -1.67. The van der Waals surface area contributed by atoms with Gasteiger partial charge in [-0.15, -0.1) is 0 Å². The second-order valence-electron chi connectivity index (χ2n) is 9.59. The van der Waals surface area contributed by atoms with Gasteiger partial charge in [0.05, 0.1) is 17.2 Å². The third-order valence-electron chi connectivity index (χ3n) is 7.06. The molecule has 0 saturated heterocycles. The molecule has 208 valence electrons. The number of carbonyl (C=O) groups excluding carboxylic acids is 3.